The van der Waals surface area contributed by atoms with Crippen LogP contribution in [0.25, 0.3) is 0 Å². The van der Waals surface area contributed by atoms with Crippen molar-refractivity contribution in [2.45, 2.75) is 22.9 Å². The number of carbonyl (C=O) groups excluding carboxylic acids is 1. The fourth-order valence-electron chi connectivity index (χ4n) is 2.83. The Balaban J connectivity index is 1.55. The van der Waals surface area contributed by atoms with Crippen molar-refractivity contribution in [2.24, 2.45) is 0 Å². The van der Waals surface area contributed by atoms with Gasteiger partial charge in [0.1, 0.15) is 0 Å². The Morgan fingerprint density at radius 2 is 1.35 bits per heavy atom. The molecule has 0 bridgehead atoms. The predicted octanol–water partition coefficient (Wildman–Crippen LogP) is 2.13. The van der Waals surface area contributed by atoms with Gasteiger partial charge in [0, 0.05) is 45.3 Å². The molecular formula is C22H25N5O5S2. The van der Waals surface area contributed by atoms with Crippen molar-refractivity contribution in [1.29, 1.82) is 0 Å². The van der Waals surface area contributed by atoms with Gasteiger partial charge in [-0.2, -0.15) is 0 Å². The Bertz CT molecular complexity index is 1330. The Morgan fingerprint density at radius 1 is 0.794 bits per heavy atom. The number of anilines is 1. The highest BCUT2D eigenvalue weighted by atomic mass is 32.2. The Labute approximate surface area is 199 Å². The van der Waals surface area contributed by atoms with Crippen molar-refractivity contribution >= 4 is 31.8 Å². The molecule has 0 unspecified atom stereocenters. The van der Waals surface area contributed by atoms with E-state index in [4.69, 9.17) is 0 Å². The fraction of sp³-hybridized carbons (Fsp3) is 0.182. The SMILES string of the molecule is CN(C)S(=O)(=O)c1ccc(CNS(=O)(=O)c2ccc(NC(=O)NCc3ccncc3)cc2)cc1. The zero-order valence-corrected chi connectivity index (χ0v) is 20.2. The van der Waals surface area contributed by atoms with Crippen molar-refractivity contribution < 1.29 is 21.6 Å². The van der Waals surface area contributed by atoms with E-state index in [2.05, 4.69) is 20.3 Å². The minimum absolute atomic E-state index is 0.0119. The highest BCUT2D eigenvalue weighted by molar-refractivity contribution is 7.89. The molecular weight excluding hydrogens is 478 g/mol. The topological polar surface area (TPSA) is 138 Å². The van der Waals surface area contributed by atoms with Gasteiger partial charge in [-0.1, -0.05) is 12.1 Å². The van der Waals surface area contributed by atoms with Crippen LogP contribution in [0.2, 0.25) is 0 Å². The zero-order chi connectivity index (χ0) is 24.8. The summed E-state index contributed by atoms with van der Waals surface area (Å²) in [6.45, 7) is 0.314. The third-order valence-corrected chi connectivity index (χ3v) is 8.04. The van der Waals surface area contributed by atoms with Gasteiger partial charge < -0.3 is 10.6 Å². The third-order valence-electron chi connectivity index (χ3n) is 4.79. The molecule has 0 aliphatic carbocycles. The number of aromatic nitrogens is 1. The second-order valence-electron chi connectivity index (χ2n) is 7.44. The van der Waals surface area contributed by atoms with Crippen LogP contribution in [0.1, 0.15) is 11.1 Å². The molecule has 12 heteroatoms. The Kier molecular flexibility index (Phi) is 7.99. The molecule has 10 nitrogen and oxygen atoms in total. The van der Waals surface area contributed by atoms with Gasteiger partial charge in [-0.05, 0) is 59.7 Å². The van der Waals surface area contributed by atoms with E-state index in [0.29, 0.717) is 17.8 Å². The smallest absolute Gasteiger partial charge is 0.319 e. The van der Waals surface area contributed by atoms with Crippen LogP contribution in [0.5, 0.6) is 0 Å². The molecule has 180 valence electrons. The molecule has 2 amide bonds. The summed E-state index contributed by atoms with van der Waals surface area (Å²) in [5.74, 6) is 0. The van der Waals surface area contributed by atoms with E-state index in [1.165, 1.54) is 50.5 Å². The molecule has 2 aromatic carbocycles. The minimum atomic E-state index is -3.81. The van der Waals surface area contributed by atoms with E-state index in [0.717, 1.165) is 9.87 Å². The summed E-state index contributed by atoms with van der Waals surface area (Å²) < 4.78 is 53.0. The molecule has 0 radical (unpaired) electrons. The van der Waals surface area contributed by atoms with Crippen molar-refractivity contribution in [1.82, 2.24) is 19.3 Å². The van der Waals surface area contributed by atoms with E-state index in [1.807, 2.05) is 0 Å². The lowest BCUT2D eigenvalue weighted by Gasteiger charge is -2.12. The minimum Gasteiger partial charge on any atom is -0.334 e. The van der Waals surface area contributed by atoms with E-state index in [9.17, 15) is 21.6 Å². The highest BCUT2D eigenvalue weighted by Crippen LogP contribution is 2.16. The number of rotatable bonds is 9. The number of nitrogens with one attached hydrogen (secondary N) is 3. The van der Waals surface area contributed by atoms with E-state index >= 15 is 0 Å². The van der Waals surface area contributed by atoms with Crippen molar-refractivity contribution in [3.8, 4) is 0 Å². The van der Waals surface area contributed by atoms with E-state index in [-0.39, 0.29) is 16.3 Å². The van der Waals surface area contributed by atoms with Crippen molar-refractivity contribution in [3.05, 3.63) is 84.2 Å². The lowest BCUT2D eigenvalue weighted by atomic mass is 10.2. The lowest BCUT2D eigenvalue weighted by molar-refractivity contribution is 0.251. The number of hydrogen-bond donors (Lipinski definition) is 3. The van der Waals surface area contributed by atoms with Gasteiger partial charge in [-0.15, -0.1) is 0 Å². The molecule has 3 N–H and O–H groups in total. The molecule has 3 aromatic rings. The summed E-state index contributed by atoms with van der Waals surface area (Å²) in [7, 11) is -4.49. The number of benzene rings is 2. The van der Waals surface area contributed by atoms with Crippen LogP contribution in [-0.2, 0) is 33.1 Å². The predicted molar refractivity (Wildman–Crippen MR) is 128 cm³/mol. The molecule has 0 fully saturated rings. The van der Waals surface area contributed by atoms with Crippen LogP contribution < -0.4 is 15.4 Å². The maximum atomic E-state index is 12.6. The second-order valence-corrected chi connectivity index (χ2v) is 11.4. The van der Waals surface area contributed by atoms with Crippen LogP contribution in [0.15, 0.2) is 82.8 Å². The van der Waals surface area contributed by atoms with Crippen LogP contribution in [0.3, 0.4) is 0 Å². The molecule has 0 aliphatic heterocycles. The summed E-state index contributed by atoms with van der Waals surface area (Å²) in [4.78, 5) is 16.1. The average Bonchev–Trinajstić information content (AvgIpc) is 2.83. The quantitative estimate of drug-likeness (QED) is 0.409. The van der Waals surface area contributed by atoms with Crippen LogP contribution in [0, 0.1) is 0 Å². The highest BCUT2D eigenvalue weighted by Gasteiger charge is 2.17. The number of pyridine rings is 1. The summed E-state index contributed by atoms with van der Waals surface area (Å²) in [6.07, 6.45) is 3.26. The van der Waals surface area contributed by atoms with Crippen LogP contribution >= 0.6 is 0 Å². The van der Waals surface area contributed by atoms with Crippen LogP contribution in [0.4, 0.5) is 10.5 Å². The molecule has 0 atom stereocenters. The maximum Gasteiger partial charge on any atom is 0.319 e. The van der Waals surface area contributed by atoms with Gasteiger partial charge in [0.05, 0.1) is 9.79 Å². The first kappa shape index (κ1) is 25.3. The summed E-state index contributed by atoms with van der Waals surface area (Å²) in [5, 5.41) is 5.34. The third kappa shape index (κ3) is 6.60. The lowest BCUT2D eigenvalue weighted by Crippen LogP contribution is -2.28. The molecule has 3 rings (SSSR count). The van der Waals surface area contributed by atoms with E-state index in [1.54, 1.807) is 36.7 Å². The molecule has 0 aliphatic rings. The van der Waals surface area contributed by atoms with Crippen LogP contribution in [-0.4, -0.2) is 46.3 Å². The average molecular weight is 504 g/mol. The first-order valence-electron chi connectivity index (χ1n) is 10.1. The molecule has 1 aromatic heterocycles. The van der Waals surface area contributed by atoms with Crippen molar-refractivity contribution in [2.75, 3.05) is 19.4 Å². The molecule has 0 spiro atoms. The standard InChI is InChI=1S/C22H25N5O5S2/c1-27(2)34(31,32)21-7-3-17(4-8-21)16-25-33(29,30)20-9-5-19(6-10-20)26-22(28)24-15-18-11-13-23-14-12-18/h3-14,25H,15-16H2,1-2H3,(H2,24,26,28). The number of sulfonamides is 2. The van der Waals surface area contributed by atoms with Crippen molar-refractivity contribution in [3.63, 3.8) is 0 Å². The molecule has 34 heavy (non-hydrogen) atoms. The second kappa shape index (κ2) is 10.7. The normalized spacial score (nSPS) is 11.9. The molecule has 0 saturated carbocycles. The number of hydrogen-bond acceptors (Lipinski definition) is 6. The number of urea groups is 1. The van der Waals surface area contributed by atoms with Gasteiger partial charge in [-0.3, -0.25) is 4.98 Å². The Hall–Kier alpha value is -3.32. The van der Waals surface area contributed by atoms with Gasteiger partial charge in [0.25, 0.3) is 0 Å². The largest absolute Gasteiger partial charge is 0.334 e. The summed E-state index contributed by atoms with van der Waals surface area (Å²) in [5.41, 5.74) is 1.93. The summed E-state index contributed by atoms with van der Waals surface area (Å²) >= 11 is 0. The first-order chi connectivity index (χ1) is 16.1. The summed E-state index contributed by atoms with van der Waals surface area (Å²) in [6, 6.07) is 14.8. The molecule has 0 saturated heterocycles. The number of carbonyl (C=O) groups is 1. The Morgan fingerprint density at radius 3 is 1.94 bits per heavy atom. The number of nitrogens with zero attached hydrogens (tertiary/aromatic N) is 2. The zero-order valence-electron chi connectivity index (χ0n) is 18.6. The van der Waals surface area contributed by atoms with Gasteiger partial charge in [0.15, 0.2) is 0 Å². The van der Waals surface area contributed by atoms with Gasteiger partial charge in [0.2, 0.25) is 20.0 Å². The monoisotopic (exact) mass is 503 g/mol. The first-order valence-corrected chi connectivity index (χ1v) is 13.1. The number of amides is 2. The fourth-order valence-corrected chi connectivity index (χ4v) is 4.75. The maximum absolute atomic E-state index is 12.6. The van der Waals surface area contributed by atoms with Gasteiger partial charge >= 0.3 is 6.03 Å². The molecule has 1 heterocycles. The van der Waals surface area contributed by atoms with Gasteiger partial charge in [-0.25, -0.2) is 30.7 Å². The van der Waals surface area contributed by atoms with E-state index < -0.39 is 26.1 Å².